The predicted molar refractivity (Wildman–Crippen MR) is 97.1 cm³/mol. The Hall–Kier alpha value is -1.15. The Labute approximate surface area is 150 Å². The van der Waals surface area contributed by atoms with Crippen molar-refractivity contribution < 1.29 is 13.2 Å². The minimum atomic E-state index is -3.58. The third-order valence-corrected chi connectivity index (χ3v) is 5.27. The number of sulfonamides is 1. The first-order valence-corrected chi connectivity index (χ1v) is 9.31. The zero-order valence-corrected chi connectivity index (χ0v) is 15.9. The molecule has 1 unspecified atom stereocenters. The first kappa shape index (κ1) is 20.9. The summed E-state index contributed by atoms with van der Waals surface area (Å²) in [5.41, 5.74) is -0.0895. The third-order valence-electron chi connectivity index (χ3n) is 3.50. The van der Waals surface area contributed by atoms with Crippen molar-refractivity contribution in [3.05, 3.63) is 29.8 Å². The van der Waals surface area contributed by atoms with Crippen LogP contribution in [0.2, 0.25) is 0 Å². The van der Waals surface area contributed by atoms with Crippen LogP contribution < -0.4 is 15.4 Å². The summed E-state index contributed by atoms with van der Waals surface area (Å²) in [5.74, 6) is -0.175. The smallest absolute Gasteiger partial charge is 0.251 e. The molecule has 0 aliphatic carbocycles. The van der Waals surface area contributed by atoms with Crippen LogP contribution in [0.3, 0.4) is 0 Å². The summed E-state index contributed by atoms with van der Waals surface area (Å²) in [6.07, 6.45) is 2.00. The van der Waals surface area contributed by atoms with Gasteiger partial charge in [-0.05, 0) is 64.4 Å². The van der Waals surface area contributed by atoms with Gasteiger partial charge in [-0.3, -0.25) is 4.79 Å². The summed E-state index contributed by atoms with van der Waals surface area (Å²) in [5, 5.41) is 6.21. The number of carbonyl (C=O) groups is 1. The lowest BCUT2D eigenvalue weighted by atomic mass is 10.1. The molecule has 0 radical (unpaired) electrons. The molecule has 1 aromatic rings. The lowest BCUT2D eigenvalue weighted by molar-refractivity contribution is 0.0930. The van der Waals surface area contributed by atoms with Gasteiger partial charge in [0.15, 0.2) is 0 Å². The van der Waals surface area contributed by atoms with Gasteiger partial charge in [0.25, 0.3) is 5.91 Å². The van der Waals surface area contributed by atoms with Crippen molar-refractivity contribution in [3.63, 3.8) is 0 Å². The van der Waals surface area contributed by atoms with E-state index < -0.39 is 15.6 Å². The Kier molecular flexibility index (Phi) is 7.22. The maximum Gasteiger partial charge on any atom is 0.251 e. The van der Waals surface area contributed by atoms with Gasteiger partial charge >= 0.3 is 0 Å². The fourth-order valence-corrected chi connectivity index (χ4v) is 3.91. The molecule has 3 N–H and O–H groups in total. The number of benzene rings is 1. The number of carbonyl (C=O) groups excluding carboxylic acids is 1. The van der Waals surface area contributed by atoms with Crippen LogP contribution in [0.15, 0.2) is 29.2 Å². The van der Waals surface area contributed by atoms with Crippen LogP contribution in [0.25, 0.3) is 0 Å². The minimum Gasteiger partial charge on any atom is -0.348 e. The monoisotopic (exact) mass is 375 g/mol. The van der Waals surface area contributed by atoms with Crippen LogP contribution in [0.5, 0.6) is 0 Å². The highest BCUT2D eigenvalue weighted by Crippen LogP contribution is 2.14. The molecule has 0 saturated carbocycles. The normalized spacial score (nSPS) is 18.5. The Bertz CT molecular complexity index is 648. The number of halogens is 1. The number of hydrogen-bond donors (Lipinski definition) is 3. The van der Waals surface area contributed by atoms with E-state index in [1.54, 1.807) is 32.9 Å². The number of nitrogens with one attached hydrogen (secondary N) is 3. The molecule has 1 aliphatic heterocycles. The molecule has 0 spiro atoms. The molecule has 8 heteroatoms. The molecular weight excluding hydrogens is 350 g/mol. The highest BCUT2D eigenvalue weighted by atomic mass is 35.5. The molecule has 2 rings (SSSR count). The summed E-state index contributed by atoms with van der Waals surface area (Å²) in [6, 6.07) is 6.14. The molecule has 1 fully saturated rings. The summed E-state index contributed by atoms with van der Waals surface area (Å²) >= 11 is 0. The molecule has 0 bridgehead atoms. The molecule has 6 nitrogen and oxygen atoms in total. The Balaban J connectivity index is 0.00000288. The number of rotatable bonds is 4. The van der Waals surface area contributed by atoms with E-state index in [0.29, 0.717) is 5.56 Å². The van der Waals surface area contributed by atoms with Gasteiger partial charge in [0.1, 0.15) is 0 Å². The molecule has 1 amide bonds. The van der Waals surface area contributed by atoms with Gasteiger partial charge in [0.05, 0.1) is 4.90 Å². The molecule has 0 aromatic heterocycles. The van der Waals surface area contributed by atoms with Crippen LogP contribution in [-0.4, -0.2) is 39.0 Å². The average molecular weight is 376 g/mol. The van der Waals surface area contributed by atoms with Gasteiger partial charge in [-0.2, -0.15) is 0 Å². The van der Waals surface area contributed by atoms with Crippen molar-refractivity contribution in [1.29, 1.82) is 0 Å². The van der Waals surface area contributed by atoms with Crippen molar-refractivity contribution in [1.82, 2.24) is 15.4 Å². The van der Waals surface area contributed by atoms with Gasteiger partial charge in [0.2, 0.25) is 10.0 Å². The highest BCUT2D eigenvalue weighted by Gasteiger charge is 2.22. The fraction of sp³-hybridized carbons (Fsp3) is 0.562. The molecule has 1 heterocycles. The second-order valence-electron chi connectivity index (χ2n) is 6.90. The van der Waals surface area contributed by atoms with E-state index in [2.05, 4.69) is 15.4 Å². The van der Waals surface area contributed by atoms with Gasteiger partial charge in [-0.15, -0.1) is 12.4 Å². The second kappa shape index (κ2) is 8.29. The van der Waals surface area contributed by atoms with E-state index in [4.69, 9.17) is 0 Å². The molecule has 24 heavy (non-hydrogen) atoms. The number of amides is 1. The summed E-state index contributed by atoms with van der Waals surface area (Å²) in [7, 11) is -3.58. The topological polar surface area (TPSA) is 87.3 Å². The van der Waals surface area contributed by atoms with E-state index in [0.717, 1.165) is 25.9 Å². The van der Waals surface area contributed by atoms with Crippen LogP contribution in [0.1, 0.15) is 44.0 Å². The standard InChI is InChI=1S/C16H25N3O3S.ClH/c1-16(2,3)19-23(21,22)14-8-6-12(7-9-14)15(20)18-13-5-4-10-17-11-13;/h6-9,13,17,19H,4-5,10-11H2,1-3H3,(H,18,20);1H. The van der Waals surface area contributed by atoms with Gasteiger partial charge in [0, 0.05) is 23.7 Å². The molecular formula is C16H26ClN3O3S. The van der Waals surface area contributed by atoms with Crippen molar-refractivity contribution in [2.24, 2.45) is 0 Å². The maximum atomic E-state index is 12.2. The molecule has 1 saturated heterocycles. The Morgan fingerprint density at radius 2 is 1.83 bits per heavy atom. The molecule has 136 valence electrons. The third kappa shape index (κ3) is 6.05. The van der Waals surface area contributed by atoms with Crippen molar-refractivity contribution in [3.8, 4) is 0 Å². The zero-order valence-electron chi connectivity index (χ0n) is 14.3. The van der Waals surface area contributed by atoms with E-state index in [1.807, 2.05) is 0 Å². The molecule has 1 aromatic carbocycles. The highest BCUT2D eigenvalue weighted by molar-refractivity contribution is 7.89. The molecule has 1 aliphatic rings. The van der Waals surface area contributed by atoms with E-state index in [1.165, 1.54) is 12.1 Å². The summed E-state index contributed by atoms with van der Waals surface area (Å²) in [6.45, 7) is 7.10. The van der Waals surface area contributed by atoms with Crippen LogP contribution >= 0.6 is 12.4 Å². The quantitative estimate of drug-likeness (QED) is 0.747. The predicted octanol–water partition coefficient (Wildman–Crippen LogP) is 1.67. The van der Waals surface area contributed by atoms with Gasteiger partial charge < -0.3 is 10.6 Å². The van der Waals surface area contributed by atoms with Crippen molar-refractivity contribution >= 4 is 28.3 Å². The van der Waals surface area contributed by atoms with Gasteiger partial charge in [-0.1, -0.05) is 0 Å². The number of hydrogen-bond acceptors (Lipinski definition) is 4. The lowest BCUT2D eigenvalue weighted by Crippen LogP contribution is -2.45. The summed E-state index contributed by atoms with van der Waals surface area (Å²) in [4.78, 5) is 12.4. The van der Waals surface area contributed by atoms with Gasteiger partial charge in [-0.25, -0.2) is 13.1 Å². The maximum absolute atomic E-state index is 12.2. The van der Waals surface area contributed by atoms with E-state index >= 15 is 0 Å². The zero-order chi connectivity index (χ0) is 17.1. The van der Waals surface area contributed by atoms with Crippen LogP contribution in [-0.2, 0) is 10.0 Å². The largest absolute Gasteiger partial charge is 0.348 e. The first-order valence-electron chi connectivity index (χ1n) is 7.83. The van der Waals surface area contributed by atoms with Crippen molar-refractivity contribution in [2.75, 3.05) is 13.1 Å². The van der Waals surface area contributed by atoms with Crippen LogP contribution in [0.4, 0.5) is 0 Å². The minimum absolute atomic E-state index is 0. The Morgan fingerprint density at radius 1 is 1.21 bits per heavy atom. The average Bonchev–Trinajstić information content (AvgIpc) is 2.46. The molecule has 1 atom stereocenters. The van der Waals surface area contributed by atoms with Crippen LogP contribution in [0, 0.1) is 0 Å². The number of piperidine rings is 1. The lowest BCUT2D eigenvalue weighted by Gasteiger charge is -2.24. The summed E-state index contributed by atoms with van der Waals surface area (Å²) < 4.78 is 27.0. The van der Waals surface area contributed by atoms with E-state index in [-0.39, 0.29) is 29.3 Å². The van der Waals surface area contributed by atoms with E-state index in [9.17, 15) is 13.2 Å². The Morgan fingerprint density at radius 3 is 2.33 bits per heavy atom. The van der Waals surface area contributed by atoms with Crippen molar-refractivity contribution in [2.45, 2.75) is 50.1 Å². The first-order chi connectivity index (χ1) is 10.7. The SMILES string of the molecule is CC(C)(C)NS(=O)(=O)c1ccc(C(=O)NC2CCCNC2)cc1.Cl. The fourth-order valence-electron chi connectivity index (χ4n) is 2.49. The second-order valence-corrected chi connectivity index (χ2v) is 8.58.